The van der Waals surface area contributed by atoms with Crippen molar-refractivity contribution in [3.8, 4) is 10.4 Å². The number of thiazole rings is 1. The molecule has 2 aromatic rings. The first-order valence-corrected chi connectivity index (χ1v) is 9.06. The number of carbonyl (C=O) groups is 2. The maximum absolute atomic E-state index is 12.4. The minimum absolute atomic E-state index is 0.194. The van der Waals surface area contributed by atoms with E-state index in [2.05, 4.69) is 10.3 Å². The van der Waals surface area contributed by atoms with Crippen LogP contribution in [-0.4, -0.2) is 45.5 Å². The highest BCUT2D eigenvalue weighted by atomic mass is 32.1. The molecular formula is C18H21N3O3S. The van der Waals surface area contributed by atoms with Gasteiger partial charge in [0, 0.05) is 26.4 Å². The van der Waals surface area contributed by atoms with E-state index in [4.69, 9.17) is 0 Å². The van der Waals surface area contributed by atoms with Crippen molar-refractivity contribution in [2.75, 3.05) is 6.54 Å². The van der Waals surface area contributed by atoms with E-state index in [0.717, 1.165) is 21.7 Å². The van der Waals surface area contributed by atoms with Crippen LogP contribution in [0.1, 0.15) is 24.6 Å². The van der Waals surface area contributed by atoms with Crippen molar-refractivity contribution in [3.63, 3.8) is 0 Å². The Balaban J connectivity index is 1.61. The molecule has 2 atom stereocenters. The Labute approximate surface area is 150 Å². The Bertz CT molecular complexity index is 772. The number of β-amino-alcohol motifs (C(OH)–C–C–N with tert-alkyl or cyclic N) is 1. The van der Waals surface area contributed by atoms with Crippen LogP contribution in [0.4, 0.5) is 0 Å². The van der Waals surface area contributed by atoms with E-state index >= 15 is 0 Å². The van der Waals surface area contributed by atoms with E-state index in [0.29, 0.717) is 6.54 Å². The molecule has 1 aliphatic rings. The van der Waals surface area contributed by atoms with Crippen LogP contribution in [0.3, 0.4) is 0 Å². The van der Waals surface area contributed by atoms with Crippen molar-refractivity contribution >= 4 is 23.2 Å². The molecule has 1 aromatic carbocycles. The number of aryl methyl sites for hydroxylation is 1. The molecule has 25 heavy (non-hydrogen) atoms. The lowest BCUT2D eigenvalue weighted by Crippen LogP contribution is -2.44. The highest BCUT2D eigenvalue weighted by Crippen LogP contribution is 2.27. The zero-order chi connectivity index (χ0) is 18.0. The van der Waals surface area contributed by atoms with Crippen molar-refractivity contribution in [3.05, 3.63) is 41.0 Å². The first-order valence-electron chi connectivity index (χ1n) is 8.18. The standard InChI is InChI=1S/C18H21N3O3S/c1-11-17(25-10-20-11)14-5-3-13(4-6-14)8-19-18(24)16-7-15(23)9-21(16)12(2)22/h3-6,10,15-16,23H,7-9H2,1-2H3,(H,19,24)/t15-,16+/m1/s1. The third-order valence-corrected chi connectivity index (χ3v) is 5.39. The van der Waals surface area contributed by atoms with Gasteiger partial charge < -0.3 is 15.3 Å². The Morgan fingerprint density at radius 3 is 2.68 bits per heavy atom. The summed E-state index contributed by atoms with van der Waals surface area (Å²) < 4.78 is 0. The van der Waals surface area contributed by atoms with Gasteiger partial charge in [-0.15, -0.1) is 11.3 Å². The van der Waals surface area contributed by atoms with Gasteiger partial charge in [-0.3, -0.25) is 9.59 Å². The number of likely N-dealkylation sites (tertiary alicyclic amines) is 1. The number of hydrogen-bond donors (Lipinski definition) is 2. The molecule has 0 aliphatic carbocycles. The lowest BCUT2D eigenvalue weighted by Gasteiger charge is -2.22. The molecule has 6 nitrogen and oxygen atoms in total. The molecule has 0 saturated carbocycles. The fourth-order valence-corrected chi connectivity index (χ4v) is 3.88. The van der Waals surface area contributed by atoms with Crippen LogP contribution in [0, 0.1) is 6.92 Å². The van der Waals surface area contributed by atoms with Crippen molar-refractivity contribution < 1.29 is 14.7 Å². The number of aliphatic hydroxyl groups excluding tert-OH is 1. The smallest absolute Gasteiger partial charge is 0.243 e. The number of aliphatic hydroxyl groups is 1. The first-order chi connectivity index (χ1) is 12.0. The van der Waals surface area contributed by atoms with E-state index in [9.17, 15) is 14.7 Å². The van der Waals surface area contributed by atoms with Crippen LogP contribution in [-0.2, 0) is 16.1 Å². The van der Waals surface area contributed by atoms with Crippen molar-refractivity contribution in [2.24, 2.45) is 0 Å². The molecule has 0 unspecified atom stereocenters. The van der Waals surface area contributed by atoms with Gasteiger partial charge in [0.25, 0.3) is 0 Å². The quantitative estimate of drug-likeness (QED) is 0.871. The first kappa shape index (κ1) is 17.6. The highest BCUT2D eigenvalue weighted by Gasteiger charge is 2.37. The Kier molecular flexibility index (Phi) is 5.15. The molecule has 1 aliphatic heterocycles. The fourth-order valence-electron chi connectivity index (χ4n) is 3.07. The second-order valence-electron chi connectivity index (χ2n) is 6.26. The van der Waals surface area contributed by atoms with Crippen LogP contribution in [0.5, 0.6) is 0 Å². The van der Waals surface area contributed by atoms with E-state index in [1.54, 1.807) is 11.3 Å². The minimum Gasteiger partial charge on any atom is -0.391 e. The van der Waals surface area contributed by atoms with Crippen molar-refractivity contribution in [1.29, 1.82) is 0 Å². The molecule has 2 N–H and O–H groups in total. The summed E-state index contributed by atoms with van der Waals surface area (Å²) in [6, 6.07) is 7.39. The zero-order valence-corrected chi connectivity index (χ0v) is 15.0. The molecule has 0 bridgehead atoms. The summed E-state index contributed by atoms with van der Waals surface area (Å²) in [7, 11) is 0. The number of benzene rings is 1. The summed E-state index contributed by atoms with van der Waals surface area (Å²) in [6.45, 7) is 4.00. The molecule has 1 aromatic heterocycles. The number of rotatable bonds is 4. The average Bonchev–Trinajstić information content (AvgIpc) is 3.19. The van der Waals surface area contributed by atoms with Crippen LogP contribution >= 0.6 is 11.3 Å². The Hall–Kier alpha value is -2.25. The minimum atomic E-state index is -0.637. The summed E-state index contributed by atoms with van der Waals surface area (Å²) in [5.41, 5.74) is 4.93. The molecule has 2 amide bonds. The zero-order valence-electron chi connectivity index (χ0n) is 14.2. The highest BCUT2D eigenvalue weighted by molar-refractivity contribution is 7.13. The Morgan fingerprint density at radius 1 is 1.36 bits per heavy atom. The van der Waals surface area contributed by atoms with Gasteiger partial charge in [0.1, 0.15) is 6.04 Å². The second kappa shape index (κ2) is 7.33. The third-order valence-electron chi connectivity index (χ3n) is 4.41. The number of carbonyl (C=O) groups excluding carboxylic acids is 2. The summed E-state index contributed by atoms with van der Waals surface area (Å²) >= 11 is 1.60. The molecule has 0 radical (unpaired) electrons. The fraction of sp³-hybridized carbons (Fsp3) is 0.389. The average molecular weight is 359 g/mol. The molecule has 2 heterocycles. The van der Waals surface area contributed by atoms with Gasteiger partial charge >= 0.3 is 0 Å². The van der Waals surface area contributed by atoms with Gasteiger partial charge in [-0.25, -0.2) is 4.98 Å². The number of nitrogens with zero attached hydrogens (tertiary/aromatic N) is 2. The largest absolute Gasteiger partial charge is 0.391 e. The molecule has 7 heteroatoms. The lowest BCUT2D eigenvalue weighted by molar-refractivity contribution is -0.137. The van der Waals surface area contributed by atoms with Gasteiger partial charge in [-0.05, 0) is 18.1 Å². The van der Waals surface area contributed by atoms with Gasteiger partial charge in [0.05, 0.1) is 22.2 Å². The number of amides is 2. The summed E-state index contributed by atoms with van der Waals surface area (Å²) in [4.78, 5) is 30.8. The Morgan fingerprint density at radius 2 is 2.08 bits per heavy atom. The normalized spacial score (nSPS) is 19.9. The summed E-state index contributed by atoms with van der Waals surface area (Å²) in [5, 5.41) is 12.6. The SMILES string of the molecule is CC(=O)N1C[C@H](O)C[C@H]1C(=O)NCc1ccc(-c2scnc2C)cc1. The van der Waals surface area contributed by atoms with Crippen molar-refractivity contribution in [1.82, 2.24) is 15.2 Å². The molecule has 1 fully saturated rings. The van der Waals surface area contributed by atoms with E-state index < -0.39 is 12.1 Å². The lowest BCUT2D eigenvalue weighted by atomic mass is 10.1. The van der Waals surface area contributed by atoms with Gasteiger partial charge in [-0.2, -0.15) is 0 Å². The van der Waals surface area contributed by atoms with Crippen LogP contribution in [0.2, 0.25) is 0 Å². The molecule has 132 valence electrons. The number of nitrogens with one attached hydrogen (secondary N) is 1. The summed E-state index contributed by atoms with van der Waals surface area (Å²) in [6.07, 6.45) is -0.351. The van der Waals surface area contributed by atoms with Gasteiger partial charge in [-0.1, -0.05) is 24.3 Å². The van der Waals surface area contributed by atoms with Gasteiger partial charge in [0.15, 0.2) is 0 Å². The molecule has 0 spiro atoms. The second-order valence-corrected chi connectivity index (χ2v) is 7.11. The third kappa shape index (κ3) is 3.88. The van der Waals surface area contributed by atoms with Crippen LogP contribution in [0.25, 0.3) is 10.4 Å². The molecule has 1 saturated heterocycles. The van der Waals surface area contributed by atoms with E-state index in [1.165, 1.54) is 11.8 Å². The molecule has 3 rings (SSSR count). The maximum Gasteiger partial charge on any atom is 0.243 e. The number of aromatic nitrogens is 1. The maximum atomic E-state index is 12.4. The topological polar surface area (TPSA) is 82.5 Å². The summed E-state index contributed by atoms with van der Waals surface area (Å²) in [5.74, 6) is -0.421. The molecular weight excluding hydrogens is 338 g/mol. The van der Waals surface area contributed by atoms with Crippen LogP contribution in [0.15, 0.2) is 29.8 Å². The monoisotopic (exact) mass is 359 g/mol. The van der Waals surface area contributed by atoms with Crippen molar-refractivity contribution in [2.45, 2.75) is 39.0 Å². The van der Waals surface area contributed by atoms with E-state index in [1.807, 2.05) is 36.7 Å². The van der Waals surface area contributed by atoms with E-state index in [-0.39, 0.29) is 24.8 Å². The van der Waals surface area contributed by atoms with Crippen LogP contribution < -0.4 is 5.32 Å². The van der Waals surface area contributed by atoms with Gasteiger partial charge in [0.2, 0.25) is 11.8 Å². The predicted molar refractivity (Wildman–Crippen MR) is 95.9 cm³/mol. The predicted octanol–water partition coefficient (Wildman–Crippen LogP) is 1.72. The number of hydrogen-bond acceptors (Lipinski definition) is 5.